The van der Waals surface area contributed by atoms with Crippen molar-refractivity contribution in [1.82, 2.24) is 0 Å². The van der Waals surface area contributed by atoms with E-state index in [4.69, 9.17) is 9.84 Å². The summed E-state index contributed by atoms with van der Waals surface area (Å²) < 4.78 is 5.72. The van der Waals surface area contributed by atoms with Crippen LogP contribution < -0.4 is 4.74 Å². The zero-order valence-electron chi connectivity index (χ0n) is 11.7. The first kappa shape index (κ1) is 14.8. The minimum absolute atomic E-state index is 0.00487. The Balaban J connectivity index is 2.10. The van der Waals surface area contributed by atoms with Gasteiger partial charge in [0.15, 0.2) is 0 Å². The Morgan fingerprint density at radius 2 is 2.00 bits per heavy atom. The Hall–Kier alpha value is -2.62. The van der Waals surface area contributed by atoms with Crippen LogP contribution in [0.4, 0.5) is 0 Å². The Bertz CT molecular complexity index is 662. The fraction of sp³-hybridized carbons (Fsp3) is 0.176. The van der Waals surface area contributed by atoms with Crippen molar-refractivity contribution in [1.29, 1.82) is 0 Å². The van der Waals surface area contributed by atoms with E-state index in [1.54, 1.807) is 30.3 Å². The Morgan fingerprint density at radius 1 is 1.24 bits per heavy atom. The quantitative estimate of drug-likeness (QED) is 0.828. The van der Waals surface area contributed by atoms with E-state index in [1.165, 1.54) is 0 Å². The average molecular weight is 284 g/mol. The van der Waals surface area contributed by atoms with Gasteiger partial charge >= 0.3 is 5.97 Å². The van der Waals surface area contributed by atoms with E-state index >= 15 is 0 Å². The van der Waals surface area contributed by atoms with Gasteiger partial charge in [0.25, 0.3) is 0 Å². The first-order chi connectivity index (χ1) is 10.1. The van der Waals surface area contributed by atoms with Crippen LogP contribution in [0.1, 0.15) is 27.0 Å². The van der Waals surface area contributed by atoms with E-state index in [-0.39, 0.29) is 6.42 Å². The molecule has 21 heavy (non-hydrogen) atoms. The predicted molar refractivity (Wildman–Crippen MR) is 78.7 cm³/mol. The molecule has 0 aliphatic heterocycles. The van der Waals surface area contributed by atoms with Gasteiger partial charge in [0, 0.05) is 5.56 Å². The van der Waals surface area contributed by atoms with Crippen molar-refractivity contribution in [2.75, 3.05) is 0 Å². The number of carbonyl (C=O) groups is 2. The van der Waals surface area contributed by atoms with E-state index < -0.39 is 5.97 Å². The first-order valence-corrected chi connectivity index (χ1v) is 6.57. The molecule has 0 unspecified atom stereocenters. The monoisotopic (exact) mass is 284 g/mol. The SMILES string of the molecule is Cc1cc(CC(=O)O)ccc1OCc1ccccc1C=O. The molecule has 2 rings (SSSR count). The molecule has 0 aliphatic rings. The Labute approximate surface area is 123 Å². The Kier molecular flexibility index (Phi) is 4.72. The van der Waals surface area contributed by atoms with Crippen LogP contribution in [-0.2, 0) is 17.8 Å². The van der Waals surface area contributed by atoms with Gasteiger partial charge in [-0.05, 0) is 29.7 Å². The molecule has 0 saturated heterocycles. The molecule has 4 heteroatoms. The molecule has 0 spiro atoms. The standard InChI is InChI=1S/C17H16O4/c1-12-8-13(9-17(19)20)6-7-16(12)21-11-15-5-3-2-4-14(15)10-18/h2-8,10H,9,11H2,1H3,(H,19,20). The van der Waals surface area contributed by atoms with E-state index in [0.29, 0.717) is 17.9 Å². The van der Waals surface area contributed by atoms with Gasteiger partial charge in [-0.3, -0.25) is 9.59 Å². The fourth-order valence-corrected chi connectivity index (χ4v) is 2.09. The third-order valence-electron chi connectivity index (χ3n) is 3.16. The summed E-state index contributed by atoms with van der Waals surface area (Å²) in [5, 5.41) is 8.77. The largest absolute Gasteiger partial charge is 0.489 e. The first-order valence-electron chi connectivity index (χ1n) is 6.57. The fourth-order valence-electron chi connectivity index (χ4n) is 2.09. The number of carbonyl (C=O) groups excluding carboxylic acids is 1. The van der Waals surface area contributed by atoms with Crippen molar-refractivity contribution >= 4 is 12.3 Å². The Morgan fingerprint density at radius 3 is 2.67 bits per heavy atom. The van der Waals surface area contributed by atoms with Gasteiger partial charge in [0.05, 0.1) is 6.42 Å². The van der Waals surface area contributed by atoms with Crippen molar-refractivity contribution in [3.8, 4) is 5.75 Å². The molecule has 0 atom stereocenters. The summed E-state index contributed by atoms with van der Waals surface area (Å²) in [7, 11) is 0. The maximum Gasteiger partial charge on any atom is 0.307 e. The highest BCUT2D eigenvalue weighted by Gasteiger charge is 2.06. The summed E-state index contributed by atoms with van der Waals surface area (Å²) in [5.41, 5.74) is 3.04. The molecule has 108 valence electrons. The number of carboxylic acids is 1. The van der Waals surface area contributed by atoms with Gasteiger partial charge in [-0.2, -0.15) is 0 Å². The lowest BCUT2D eigenvalue weighted by molar-refractivity contribution is -0.136. The van der Waals surface area contributed by atoms with Crippen LogP contribution in [0.2, 0.25) is 0 Å². The maximum atomic E-state index is 10.9. The number of carboxylic acid groups (broad SMARTS) is 1. The number of aldehydes is 1. The molecule has 2 aromatic carbocycles. The van der Waals surface area contributed by atoms with Crippen molar-refractivity contribution in [2.24, 2.45) is 0 Å². The molecule has 0 heterocycles. The summed E-state index contributed by atoms with van der Waals surface area (Å²) in [6, 6.07) is 12.5. The normalized spacial score (nSPS) is 10.1. The van der Waals surface area contributed by atoms with Gasteiger partial charge in [-0.1, -0.05) is 36.4 Å². The van der Waals surface area contributed by atoms with E-state index in [9.17, 15) is 9.59 Å². The second kappa shape index (κ2) is 6.70. The van der Waals surface area contributed by atoms with Gasteiger partial charge in [-0.15, -0.1) is 0 Å². The molecule has 0 fully saturated rings. The molecule has 0 aliphatic carbocycles. The molecule has 1 N–H and O–H groups in total. The van der Waals surface area contributed by atoms with E-state index in [0.717, 1.165) is 23.0 Å². The highest BCUT2D eigenvalue weighted by molar-refractivity contribution is 5.77. The van der Waals surface area contributed by atoms with Crippen LogP contribution in [0.3, 0.4) is 0 Å². The third-order valence-corrected chi connectivity index (χ3v) is 3.16. The summed E-state index contributed by atoms with van der Waals surface area (Å²) in [6.07, 6.45) is 0.802. The number of aliphatic carboxylic acids is 1. The van der Waals surface area contributed by atoms with E-state index in [2.05, 4.69) is 0 Å². The second-order valence-corrected chi connectivity index (χ2v) is 4.78. The van der Waals surface area contributed by atoms with Crippen LogP contribution in [0.15, 0.2) is 42.5 Å². The van der Waals surface area contributed by atoms with Crippen molar-refractivity contribution in [2.45, 2.75) is 20.0 Å². The third kappa shape index (κ3) is 3.92. The molecule has 0 radical (unpaired) electrons. The topological polar surface area (TPSA) is 63.6 Å². The highest BCUT2D eigenvalue weighted by Crippen LogP contribution is 2.21. The van der Waals surface area contributed by atoms with Crippen molar-refractivity contribution < 1.29 is 19.4 Å². The molecular weight excluding hydrogens is 268 g/mol. The molecular formula is C17H16O4. The minimum Gasteiger partial charge on any atom is -0.489 e. The molecule has 0 bridgehead atoms. The molecule has 4 nitrogen and oxygen atoms in total. The lowest BCUT2D eigenvalue weighted by atomic mass is 10.1. The summed E-state index contributed by atoms with van der Waals surface area (Å²) >= 11 is 0. The number of hydrogen-bond acceptors (Lipinski definition) is 3. The molecule has 0 saturated carbocycles. The van der Waals surface area contributed by atoms with Crippen LogP contribution in [0.5, 0.6) is 5.75 Å². The maximum absolute atomic E-state index is 10.9. The zero-order valence-corrected chi connectivity index (χ0v) is 11.7. The lowest BCUT2D eigenvalue weighted by Gasteiger charge is -2.11. The van der Waals surface area contributed by atoms with Crippen LogP contribution in [0.25, 0.3) is 0 Å². The predicted octanol–water partition coefficient (Wildman–Crippen LogP) is 3.01. The van der Waals surface area contributed by atoms with Gasteiger partial charge in [-0.25, -0.2) is 0 Å². The van der Waals surface area contributed by atoms with Crippen molar-refractivity contribution in [3.63, 3.8) is 0 Å². The number of aryl methyl sites for hydroxylation is 1. The number of ether oxygens (including phenoxy) is 1. The molecule has 2 aromatic rings. The van der Waals surface area contributed by atoms with Gasteiger partial charge in [0.1, 0.15) is 18.6 Å². The number of hydrogen-bond donors (Lipinski definition) is 1. The van der Waals surface area contributed by atoms with Crippen LogP contribution in [0, 0.1) is 6.92 Å². The number of benzene rings is 2. The average Bonchev–Trinajstić information content (AvgIpc) is 2.46. The van der Waals surface area contributed by atoms with Crippen molar-refractivity contribution in [3.05, 3.63) is 64.7 Å². The summed E-state index contributed by atoms with van der Waals surface area (Å²) in [5.74, 6) is -0.173. The smallest absolute Gasteiger partial charge is 0.307 e. The minimum atomic E-state index is -0.858. The number of rotatable bonds is 6. The van der Waals surface area contributed by atoms with Gasteiger partial charge in [0.2, 0.25) is 0 Å². The highest BCUT2D eigenvalue weighted by atomic mass is 16.5. The second-order valence-electron chi connectivity index (χ2n) is 4.78. The summed E-state index contributed by atoms with van der Waals surface area (Å²) in [6.45, 7) is 2.17. The van der Waals surface area contributed by atoms with Gasteiger partial charge < -0.3 is 9.84 Å². The molecule has 0 amide bonds. The molecule has 0 aromatic heterocycles. The zero-order chi connectivity index (χ0) is 15.2. The van der Waals surface area contributed by atoms with Crippen LogP contribution >= 0.6 is 0 Å². The van der Waals surface area contributed by atoms with E-state index in [1.807, 2.05) is 19.1 Å². The van der Waals surface area contributed by atoms with Crippen LogP contribution in [-0.4, -0.2) is 17.4 Å². The summed E-state index contributed by atoms with van der Waals surface area (Å²) in [4.78, 5) is 21.6. The lowest BCUT2D eigenvalue weighted by Crippen LogP contribution is -2.03.